The lowest BCUT2D eigenvalue weighted by atomic mass is 10.1. The van der Waals surface area contributed by atoms with Gasteiger partial charge in [0, 0.05) is 12.1 Å². The molecule has 5 heteroatoms. The summed E-state index contributed by atoms with van der Waals surface area (Å²) < 4.78 is 5.05. The van der Waals surface area contributed by atoms with Crippen molar-refractivity contribution < 1.29 is 19.1 Å². The first-order valence-corrected chi connectivity index (χ1v) is 5.89. The average molecular weight is 249 g/mol. The largest absolute Gasteiger partial charge is 0.481 e. The molecule has 0 bridgehead atoms. The molecular weight excluding hydrogens is 234 g/mol. The summed E-state index contributed by atoms with van der Waals surface area (Å²) in [5.41, 5.74) is 0. The maximum absolute atomic E-state index is 11.6. The predicted molar refractivity (Wildman–Crippen MR) is 64.6 cm³/mol. The highest BCUT2D eigenvalue weighted by molar-refractivity contribution is 5.91. The van der Waals surface area contributed by atoms with Crippen molar-refractivity contribution >= 4 is 18.0 Å². The van der Waals surface area contributed by atoms with Crippen LogP contribution in [0, 0.1) is 5.92 Å². The van der Waals surface area contributed by atoms with Crippen LogP contribution in [0.3, 0.4) is 0 Å². The van der Waals surface area contributed by atoms with E-state index < -0.39 is 5.97 Å². The molecule has 1 aliphatic carbocycles. The van der Waals surface area contributed by atoms with Crippen LogP contribution in [0.5, 0.6) is 0 Å². The second kappa shape index (κ2) is 5.53. The average Bonchev–Trinajstić information content (AvgIpc) is 3.02. The fourth-order valence-corrected chi connectivity index (χ4v) is 1.80. The van der Waals surface area contributed by atoms with Gasteiger partial charge >= 0.3 is 5.97 Å². The van der Waals surface area contributed by atoms with Crippen molar-refractivity contribution in [3.8, 4) is 0 Å². The molecule has 1 fully saturated rings. The van der Waals surface area contributed by atoms with Crippen LogP contribution in [0.2, 0.25) is 0 Å². The molecule has 1 amide bonds. The van der Waals surface area contributed by atoms with Gasteiger partial charge in [0.1, 0.15) is 5.76 Å². The second-order valence-electron chi connectivity index (χ2n) is 4.40. The molecule has 0 spiro atoms. The number of nitrogens with one attached hydrogen (secondary N) is 1. The van der Waals surface area contributed by atoms with Gasteiger partial charge in [0.15, 0.2) is 0 Å². The zero-order chi connectivity index (χ0) is 13.0. The van der Waals surface area contributed by atoms with Crippen LogP contribution in [0.1, 0.15) is 25.0 Å². The van der Waals surface area contributed by atoms with E-state index in [-0.39, 0.29) is 18.4 Å². The highest BCUT2D eigenvalue weighted by Gasteiger charge is 2.33. The Kier molecular flexibility index (Phi) is 3.82. The van der Waals surface area contributed by atoms with Crippen molar-refractivity contribution in [2.45, 2.75) is 25.3 Å². The maximum atomic E-state index is 11.6. The topological polar surface area (TPSA) is 79.5 Å². The van der Waals surface area contributed by atoms with Crippen molar-refractivity contribution in [2.75, 3.05) is 0 Å². The minimum absolute atomic E-state index is 0.0228. The van der Waals surface area contributed by atoms with Gasteiger partial charge in [-0.2, -0.15) is 0 Å². The molecule has 1 heterocycles. The summed E-state index contributed by atoms with van der Waals surface area (Å²) in [6.45, 7) is 0. The highest BCUT2D eigenvalue weighted by atomic mass is 16.4. The predicted octanol–water partition coefficient (Wildman–Crippen LogP) is 1.66. The van der Waals surface area contributed by atoms with Crippen LogP contribution < -0.4 is 5.32 Å². The lowest BCUT2D eigenvalue weighted by Gasteiger charge is -2.14. The number of carbonyl (C=O) groups is 2. The number of hydrogen-bond donors (Lipinski definition) is 2. The smallest absolute Gasteiger partial charge is 0.305 e. The number of amides is 1. The third kappa shape index (κ3) is 3.76. The van der Waals surface area contributed by atoms with Gasteiger partial charge in [-0.1, -0.05) is 0 Å². The van der Waals surface area contributed by atoms with Gasteiger partial charge in [0.05, 0.1) is 12.7 Å². The van der Waals surface area contributed by atoms with Crippen LogP contribution >= 0.6 is 0 Å². The Bertz CT molecular complexity index is 446. The van der Waals surface area contributed by atoms with E-state index >= 15 is 0 Å². The van der Waals surface area contributed by atoms with Crippen molar-refractivity contribution in [3.63, 3.8) is 0 Å². The molecular formula is C13H15NO4. The number of furan rings is 1. The first kappa shape index (κ1) is 12.4. The van der Waals surface area contributed by atoms with Crippen LogP contribution in [-0.2, 0) is 9.59 Å². The summed E-state index contributed by atoms with van der Waals surface area (Å²) in [7, 11) is 0. The van der Waals surface area contributed by atoms with Gasteiger partial charge in [-0.05, 0) is 37.0 Å². The molecule has 5 nitrogen and oxygen atoms in total. The summed E-state index contributed by atoms with van der Waals surface area (Å²) >= 11 is 0. The maximum Gasteiger partial charge on any atom is 0.305 e. The monoisotopic (exact) mass is 249 g/mol. The van der Waals surface area contributed by atoms with Gasteiger partial charge in [0.2, 0.25) is 5.91 Å². The van der Waals surface area contributed by atoms with Gasteiger partial charge in [-0.15, -0.1) is 0 Å². The summed E-state index contributed by atoms with van der Waals surface area (Å²) in [5.74, 6) is -0.278. The SMILES string of the molecule is O=C(O)CC(NC(=O)/C=C/c1ccco1)C1CC1. The zero-order valence-electron chi connectivity index (χ0n) is 9.83. The molecule has 96 valence electrons. The van der Waals surface area contributed by atoms with E-state index in [1.807, 2.05) is 0 Å². The summed E-state index contributed by atoms with van der Waals surface area (Å²) in [5, 5.41) is 11.5. The number of carboxylic acid groups (broad SMARTS) is 1. The fraction of sp³-hybridized carbons (Fsp3) is 0.385. The first-order valence-electron chi connectivity index (χ1n) is 5.89. The Morgan fingerprint density at radius 2 is 2.33 bits per heavy atom. The lowest BCUT2D eigenvalue weighted by Crippen LogP contribution is -2.37. The molecule has 0 aromatic carbocycles. The summed E-state index contributed by atoms with van der Waals surface area (Å²) in [4.78, 5) is 22.3. The van der Waals surface area contributed by atoms with Gasteiger partial charge in [0.25, 0.3) is 0 Å². The molecule has 0 radical (unpaired) electrons. The van der Waals surface area contributed by atoms with Crippen LogP contribution in [0.25, 0.3) is 6.08 Å². The van der Waals surface area contributed by atoms with Crippen LogP contribution in [0.4, 0.5) is 0 Å². The van der Waals surface area contributed by atoms with Crippen molar-refractivity contribution in [2.24, 2.45) is 5.92 Å². The number of aliphatic carboxylic acids is 1. The molecule has 0 aliphatic heterocycles. The number of carbonyl (C=O) groups excluding carboxylic acids is 1. The van der Waals surface area contributed by atoms with E-state index in [1.54, 1.807) is 18.2 Å². The Labute approximate surface area is 104 Å². The summed E-state index contributed by atoms with van der Waals surface area (Å²) in [6, 6.07) is 3.20. The number of carboxylic acids is 1. The molecule has 1 aromatic heterocycles. The number of hydrogen-bond acceptors (Lipinski definition) is 3. The zero-order valence-corrected chi connectivity index (χ0v) is 9.83. The van der Waals surface area contributed by atoms with E-state index in [0.29, 0.717) is 11.7 Å². The fourth-order valence-electron chi connectivity index (χ4n) is 1.80. The van der Waals surface area contributed by atoms with Crippen molar-refractivity contribution in [3.05, 3.63) is 30.2 Å². The van der Waals surface area contributed by atoms with E-state index in [0.717, 1.165) is 12.8 Å². The van der Waals surface area contributed by atoms with Crippen LogP contribution in [0.15, 0.2) is 28.9 Å². The van der Waals surface area contributed by atoms with E-state index in [9.17, 15) is 9.59 Å². The summed E-state index contributed by atoms with van der Waals surface area (Å²) in [6.07, 6.45) is 6.39. The van der Waals surface area contributed by atoms with E-state index in [4.69, 9.17) is 9.52 Å². The minimum Gasteiger partial charge on any atom is -0.481 e. The van der Waals surface area contributed by atoms with E-state index in [2.05, 4.69) is 5.32 Å². The Morgan fingerprint density at radius 3 is 2.89 bits per heavy atom. The molecule has 1 atom stereocenters. The molecule has 2 rings (SSSR count). The molecule has 0 saturated heterocycles. The molecule has 1 aliphatic rings. The molecule has 1 saturated carbocycles. The van der Waals surface area contributed by atoms with E-state index in [1.165, 1.54) is 12.3 Å². The van der Waals surface area contributed by atoms with Gasteiger partial charge in [-0.25, -0.2) is 0 Å². The Morgan fingerprint density at radius 1 is 1.56 bits per heavy atom. The Balaban J connectivity index is 1.86. The molecule has 2 N–H and O–H groups in total. The standard InChI is InChI=1S/C13H15NO4/c15-12(6-5-10-2-1-7-18-10)14-11(8-13(16)17)9-3-4-9/h1-2,5-7,9,11H,3-4,8H2,(H,14,15)(H,16,17)/b6-5+. The molecule has 1 unspecified atom stereocenters. The molecule has 18 heavy (non-hydrogen) atoms. The van der Waals surface area contributed by atoms with Crippen LogP contribution in [-0.4, -0.2) is 23.0 Å². The molecule has 1 aromatic rings. The number of rotatable bonds is 6. The normalized spacial score (nSPS) is 16.7. The minimum atomic E-state index is -0.887. The van der Waals surface area contributed by atoms with Gasteiger partial charge in [-0.3, -0.25) is 9.59 Å². The second-order valence-corrected chi connectivity index (χ2v) is 4.40. The van der Waals surface area contributed by atoms with Crippen molar-refractivity contribution in [1.82, 2.24) is 5.32 Å². The van der Waals surface area contributed by atoms with Crippen molar-refractivity contribution in [1.29, 1.82) is 0 Å². The third-order valence-corrected chi connectivity index (χ3v) is 2.86. The first-order chi connectivity index (χ1) is 8.65. The third-order valence-electron chi connectivity index (χ3n) is 2.86. The quantitative estimate of drug-likeness (QED) is 0.751. The van der Waals surface area contributed by atoms with Gasteiger partial charge < -0.3 is 14.8 Å². The highest BCUT2D eigenvalue weighted by Crippen LogP contribution is 2.34. The Hall–Kier alpha value is -2.04. The lowest BCUT2D eigenvalue weighted by molar-refractivity contribution is -0.137.